The summed E-state index contributed by atoms with van der Waals surface area (Å²) < 4.78 is 0. The van der Waals surface area contributed by atoms with Crippen molar-refractivity contribution in [2.45, 2.75) is 0 Å². The molecular weight excluding hydrogens is 162 g/mol. The number of nitro groups is 1. The van der Waals surface area contributed by atoms with Crippen LogP contribution >= 0.6 is 0 Å². The zero-order valence-electron chi connectivity index (χ0n) is 6.35. The summed E-state index contributed by atoms with van der Waals surface area (Å²) in [7, 11) is 1.43. The van der Waals surface area contributed by atoms with E-state index >= 15 is 0 Å². The third-order valence-electron chi connectivity index (χ3n) is 1.17. The molecule has 6 nitrogen and oxygen atoms in total. The van der Waals surface area contributed by atoms with Gasteiger partial charge in [0.15, 0.2) is 0 Å². The molecule has 1 heterocycles. The first-order chi connectivity index (χ1) is 5.74. The lowest BCUT2D eigenvalue weighted by Gasteiger charge is -1.99. The van der Waals surface area contributed by atoms with Gasteiger partial charge in [-0.3, -0.25) is 15.0 Å². The van der Waals surface area contributed by atoms with E-state index in [0.29, 0.717) is 5.82 Å². The molecule has 64 valence electrons. The molecule has 1 rings (SSSR count). The number of aromatic nitrogens is 1. The third-order valence-corrected chi connectivity index (χ3v) is 1.17. The first-order valence-corrected chi connectivity index (χ1v) is 3.13. The first-order valence-electron chi connectivity index (χ1n) is 3.13. The van der Waals surface area contributed by atoms with Crippen molar-refractivity contribution >= 4 is 11.5 Å². The molecule has 0 unspecified atom stereocenters. The predicted molar refractivity (Wildman–Crippen MR) is 41.5 cm³/mol. The summed E-state index contributed by atoms with van der Waals surface area (Å²) in [5, 5.41) is 10.2. The van der Waals surface area contributed by atoms with E-state index in [2.05, 4.69) is 15.3 Å². The molecule has 0 atom stereocenters. The molecule has 12 heavy (non-hydrogen) atoms. The summed E-state index contributed by atoms with van der Waals surface area (Å²) in [6, 6.07) is 2.80. The molecule has 1 aromatic rings. The highest BCUT2D eigenvalue weighted by Gasteiger charge is 2.03. The average Bonchev–Trinajstić information content (AvgIpc) is 2.06. The molecule has 0 spiro atoms. The van der Waals surface area contributed by atoms with E-state index < -0.39 is 4.92 Å². The van der Waals surface area contributed by atoms with Crippen LogP contribution in [0.15, 0.2) is 18.3 Å². The molecule has 0 bridgehead atoms. The van der Waals surface area contributed by atoms with E-state index in [9.17, 15) is 10.1 Å². The Bertz CT molecular complexity index is 272. The Labute approximate surface area is 68.3 Å². The van der Waals surface area contributed by atoms with E-state index in [4.69, 9.17) is 0 Å². The number of rotatable bonds is 3. The predicted octanol–water partition coefficient (Wildman–Crippen LogP) is 0.963. The SMILES string of the molecule is CONc1ccc([N+](=O)[O-])cn1. The van der Waals surface area contributed by atoms with Crippen molar-refractivity contribution in [3.63, 3.8) is 0 Å². The van der Waals surface area contributed by atoms with E-state index in [1.54, 1.807) is 0 Å². The van der Waals surface area contributed by atoms with Gasteiger partial charge in [-0.05, 0) is 6.07 Å². The Morgan fingerprint density at radius 3 is 2.83 bits per heavy atom. The summed E-state index contributed by atoms with van der Waals surface area (Å²) in [4.78, 5) is 17.9. The highest BCUT2D eigenvalue weighted by Crippen LogP contribution is 2.11. The minimum absolute atomic E-state index is 0.0448. The second-order valence-electron chi connectivity index (χ2n) is 1.96. The molecule has 0 aliphatic carbocycles. The second kappa shape index (κ2) is 3.63. The summed E-state index contributed by atoms with van der Waals surface area (Å²) in [5.74, 6) is 0.433. The van der Waals surface area contributed by atoms with E-state index in [0.717, 1.165) is 6.20 Å². The van der Waals surface area contributed by atoms with Gasteiger partial charge in [-0.15, -0.1) is 0 Å². The zero-order valence-corrected chi connectivity index (χ0v) is 6.35. The van der Waals surface area contributed by atoms with Crippen LogP contribution in [0.4, 0.5) is 11.5 Å². The molecule has 6 heteroatoms. The van der Waals surface area contributed by atoms with Crippen molar-refractivity contribution in [3.8, 4) is 0 Å². The fourth-order valence-electron chi connectivity index (χ4n) is 0.659. The van der Waals surface area contributed by atoms with Gasteiger partial charge in [-0.25, -0.2) is 10.5 Å². The number of hydrogen-bond acceptors (Lipinski definition) is 5. The van der Waals surface area contributed by atoms with Crippen LogP contribution in [-0.2, 0) is 4.84 Å². The Balaban J connectivity index is 2.78. The van der Waals surface area contributed by atoms with Crippen LogP contribution in [-0.4, -0.2) is 17.0 Å². The molecule has 0 saturated carbocycles. The van der Waals surface area contributed by atoms with Gasteiger partial charge in [0, 0.05) is 6.07 Å². The minimum atomic E-state index is -0.510. The number of anilines is 1. The maximum absolute atomic E-state index is 10.2. The highest BCUT2D eigenvalue weighted by atomic mass is 16.6. The minimum Gasteiger partial charge on any atom is -0.278 e. The lowest BCUT2D eigenvalue weighted by Crippen LogP contribution is -1.98. The maximum atomic E-state index is 10.2. The highest BCUT2D eigenvalue weighted by molar-refractivity contribution is 5.38. The van der Waals surface area contributed by atoms with Crippen LogP contribution in [0, 0.1) is 10.1 Å². The monoisotopic (exact) mass is 169 g/mol. The summed E-state index contributed by atoms with van der Waals surface area (Å²) >= 11 is 0. The fraction of sp³-hybridized carbons (Fsp3) is 0.167. The van der Waals surface area contributed by atoms with Gasteiger partial charge in [-0.1, -0.05) is 0 Å². The molecule has 0 aromatic carbocycles. The molecule has 0 fully saturated rings. The average molecular weight is 169 g/mol. The summed E-state index contributed by atoms with van der Waals surface area (Å²) in [6.45, 7) is 0. The van der Waals surface area contributed by atoms with Gasteiger partial charge in [0.05, 0.1) is 12.0 Å². The Morgan fingerprint density at radius 1 is 1.67 bits per heavy atom. The van der Waals surface area contributed by atoms with Crippen molar-refractivity contribution < 1.29 is 9.76 Å². The van der Waals surface area contributed by atoms with Crippen LogP contribution in [0.25, 0.3) is 0 Å². The van der Waals surface area contributed by atoms with E-state index in [1.807, 2.05) is 0 Å². The topological polar surface area (TPSA) is 77.3 Å². The zero-order chi connectivity index (χ0) is 8.97. The smallest absolute Gasteiger partial charge is 0.278 e. The Hall–Kier alpha value is -1.69. The normalized spacial score (nSPS) is 9.42. The van der Waals surface area contributed by atoms with Crippen LogP contribution in [0.3, 0.4) is 0 Å². The Morgan fingerprint density at radius 2 is 2.42 bits per heavy atom. The van der Waals surface area contributed by atoms with E-state index in [1.165, 1.54) is 19.2 Å². The maximum Gasteiger partial charge on any atom is 0.287 e. The molecular formula is C6H7N3O3. The van der Waals surface area contributed by atoms with Crippen molar-refractivity contribution in [1.29, 1.82) is 0 Å². The fourth-order valence-corrected chi connectivity index (χ4v) is 0.659. The molecule has 1 aromatic heterocycles. The first kappa shape index (κ1) is 8.41. The lowest BCUT2D eigenvalue weighted by atomic mass is 10.4. The van der Waals surface area contributed by atoms with Crippen LogP contribution in [0.1, 0.15) is 0 Å². The van der Waals surface area contributed by atoms with E-state index in [-0.39, 0.29) is 5.69 Å². The number of pyridine rings is 1. The molecule has 1 N–H and O–H groups in total. The summed E-state index contributed by atoms with van der Waals surface area (Å²) in [5.41, 5.74) is 2.40. The number of nitrogens with one attached hydrogen (secondary N) is 1. The standard InChI is InChI=1S/C6H7N3O3/c1-12-8-6-3-2-5(4-7-6)9(10)11/h2-4H,1H3,(H,7,8). The molecule has 0 saturated heterocycles. The van der Waals surface area contributed by atoms with Crippen LogP contribution in [0.5, 0.6) is 0 Å². The van der Waals surface area contributed by atoms with Gasteiger partial charge in [-0.2, -0.15) is 0 Å². The lowest BCUT2D eigenvalue weighted by molar-refractivity contribution is -0.385. The molecule has 0 aliphatic rings. The van der Waals surface area contributed by atoms with Crippen LogP contribution < -0.4 is 5.48 Å². The van der Waals surface area contributed by atoms with Gasteiger partial charge in [0.1, 0.15) is 12.0 Å². The van der Waals surface area contributed by atoms with Crippen molar-refractivity contribution in [3.05, 3.63) is 28.4 Å². The van der Waals surface area contributed by atoms with Gasteiger partial charge >= 0.3 is 0 Å². The Kier molecular flexibility index (Phi) is 2.54. The third kappa shape index (κ3) is 1.89. The van der Waals surface area contributed by atoms with Crippen molar-refractivity contribution in [2.75, 3.05) is 12.6 Å². The molecule has 0 amide bonds. The van der Waals surface area contributed by atoms with Gasteiger partial charge in [0.2, 0.25) is 0 Å². The van der Waals surface area contributed by atoms with Gasteiger partial charge in [0.25, 0.3) is 5.69 Å². The van der Waals surface area contributed by atoms with Crippen molar-refractivity contribution in [1.82, 2.24) is 4.98 Å². The molecule has 0 radical (unpaired) electrons. The number of nitrogens with zero attached hydrogens (tertiary/aromatic N) is 2. The second-order valence-corrected chi connectivity index (χ2v) is 1.96. The molecule has 0 aliphatic heterocycles. The largest absolute Gasteiger partial charge is 0.287 e. The number of hydrogen-bond donors (Lipinski definition) is 1. The van der Waals surface area contributed by atoms with Crippen LogP contribution in [0.2, 0.25) is 0 Å². The summed E-state index contributed by atoms with van der Waals surface area (Å²) in [6.07, 6.45) is 1.15. The van der Waals surface area contributed by atoms with Gasteiger partial charge < -0.3 is 0 Å². The quantitative estimate of drug-likeness (QED) is 0.538. The van der Waals surface area contributed by atoms with Crippen molar-refractivity contribution in [2.24, 2.45) is 0 Å².